The Kier molecular flexibility index (Phi) is 6.57. The van der Waals surface area contributed by atoms with Crippen molar-refractivity contribution in [2.45, 2.75) is 32.4 Å². The number of benzene rings is 1. The van der Waals surface area contributed by atoms with Crippen LogP contribution < -0.4 is 4.90 Å². The van der Waals surface area contributed by atoms with Crippen molar-refractivity contribution in [2.75, 3.05) is 37.8 Å². The molecule has 0 spiro atoms. The number of ether oxygens (including phenoxy) is 2. The molecule has 3 aromatic rings. The van der Waals surface area contributed by atoms with Gasteiger partial charge in [0.25, 0.3) is 0 Å². The quantitative estimate of drug-likeness (QED) is 0.345. The van der Waals surface area contributed by atoms with Crippen molar-refractivity contribution < 1.29 is 9.47 Å². The molecule has 0 aliphatic carbocycles. The predicted octanol–water partition coefficient (Wildman–Crippen LogP) is 5.01. The third-order valence-corrected chi connectivity index (χ3v) is 7.47. The van der Waals surface area contributed by atoms with E-state index in [-0.39, 0.29) is 0 Å². The molecule has 30 heavy (non-hydrogen) atoms. The highest BCUT2D eigenvalue weighted by Gasteiger charge is 2.17. The van der Waals surface area contributed by atoms with Gasteiger partial charge in [0.2, 0.25) is 0 Å². The molecule has 0 radical (unpaired) electrons. The summed E-state index contributed by atoms with van der Waals surface area (Å²) in [6.45, 7) is 11.5. The van der Waals surface area contributed by atoms with Gasteiger partial charge in [-0.1, -0.05) is 35.6 Å². The Morgan fingerprint density at radius 3 is 2.70 bits per heavy atom. The lowest BCUT2D eigenvalue weighted by molar-refractivity contribution is 0.0818. The molecule has 1 saturated heterocycles. The Morgan fingerprint density at radius 1 is 1.13 bits per heavy atom. The van der Waals surface area contributed by atoms with Gasteiger partial charge in [0.1, 0.15) is 18.2 Å². The van der Waals surface area contributed by atoms with E-state index in [1.54, 1.807) is 0 Å². The van der Waals surface area contributed by atoms with Crippen LogP contribution in [0, 0.1) is 0 Å². The second kappa shape index (κ2) is 9.17. The molecule has 0 N–H and O–H groups in total. The average Bonchev–Trinajstić information content (AvgIpc) is 3.09. The molecule has 1 aliphatic heterocycles. The molecule has 2 aromatic heterocycles. The Hall–Kier alpha value is -1.74. The van der Waals surface area contributed by atoms with Gasteiger partial charge in [-0.25, -0.2) is 9.67 Å². The number of hydrogen-bond donors (Lipinski definition) is 0. The van der Waals surface area contributed by atoms with Crippen LogP contribution in [0.5, 0.6) is 0 Å². The Bertz CT molecular complexity index is 1010. The highest BCUT2D eigenvalue weighted by atomic mass is 79.9. The van der Waals surface area contributed by atoms with Gasteiger partial charge in [0.15, 0.2) is 0 Å². The molecule has 1 aliphatic rings. The minimum absolute atomic E-state index is 0.462. The molecule has 0 bridgehead atoms. The lowest BCUT2D eigenvalue weighted by Gasteiger charge is -2.27. The zero-order valence-corrected chi connectivity index (χ0v) is 20.5. The van der Waals surface area contributed by atoms with Gasteiger partial charge in [0.05, 0.1) is 18.7 Å². The summed E-state index contributed by atoms with van der Waals surface area (Å²) in [4.78, 5) is 6.85. The van der Waals surface area contributed by atoms with Crippen LogP contribution in [0.1, 0.15) is 0 Å². The van der Waals surface area contributed by atoms with Crippen LogP contribution in [0.2, 0.25) is 25.7 Å². The Morgan fingerprint density at radius 2 is 1.93 bits per heavy atom. The monoisotopic (exact) mass is 488 g/mol. The topological polar surface area (TPSA) is 52.4 Å². The van der Waals surface area contributed by atoms with Gasteiger partial charge in [-0.2, -0.15) is 5.10 Å². The number of anilines is 1. The molecular weight excluding hydrogens is 460 g/mol. The third kappa shape index (κ3) is 5.11. The van der Waals surface area contributed by atoms with Crippen molar-refractivity contribution in [1.82, 2.24) is 14.8 Å². The third-order valence-electron chi connectivity index (χ3n) is 5.28. The van der Waals surface area contributed by atoms with Crippen molar-refractivity contribution in [3.63, 3.8) is 0 Å². The largest absolute Gasteiger partial charge is 0.378 e. The maximum Gasteiger partial charge on any atom is 0.140 e. The second-order valence-electron chi connectivity index (χ2n) is 8.86. The van der Waals surface area contributed by atoms with E-state index in [1.807, 2.05) is 16.9 Å². The van der Waals surface area contributed by atoms with Crippen LogP contribution in [-0.2, 0) is 16.2 Å². The SMILES string of the molecule is C[Si](C)(C)CCOCn1nc(-c2ccnc(N3CCOCC3)c2)c2cc(Br)ccc21. The molecular formula is C22H29BrN4O2Si. The van der Waals surface area contributed by atoms with E-state index in [4.69, 9.17) is 14.6 Å². The number of rotatable bonds is 7. The number of halogens is 1. The van der Waals surface area contributed by atoms with Crippen molar-refractivity contribution >= 4 is 40.7 Å². The zero-order chi connectivity index (χ0) is 21.1. The molecule has 3 heterocycles. The van der Waals surface area contributed by atoms with E-state index in [0.29, 0.717) is 6.73 Å². The predicted molar refractivity (Wildman–Crippen MR) is 128 cm³/mol. The van der Waals surface area contributed by atoms with Crippen LogP contribution in [0.15, 0.2) is 41.0 Å². The fourth-order valence-corrected chi connectivity index (χ4v) is 4.64. The molecule has 8 heteroatoms. The van der Waals surface area contributed by atoms with Gasteiger partial charge in [0, 0.05) is 49.4 Å². The molecule has 0 atom stereocenters. The second-order valence-corrected chi connectivity index (χ2v) is 15.4. The summed E-state index contributed by atoms with van der Waals surface area (Å²) in [5, 5.41) is 6.04. The first-order valence-electron chi connectivity index (χ1n) is 10.4. The highest BCUT2D eigenvalue weighted by Crippen LogP contribution is 2.31. The number of aromatic nitrogens is 3. The fourth-order valence-electron chi connectivity index (χ4n) is 3.52. The molecule has 6 nitrogen and oxygen atoms in total. The molecule has 160 valence electrons. The summed E-state index contributed by atoms with van der Waals surface area (Å²) in [7, 11) is -1.11. The van der Waals surface area contributed by atoms with Gasteiger partial charge in [-0.15, -0.1) is 0 Å². The van der Waals surface area contributed by atoms with Crippen LogP contribution in [0.3, 0.4) is 0 Å². The van der Waals surface area contributed by atoms with Crippen LogP contribution in [0.4, 0.5) is 5.82 Å². The first-order valence-corrected chi connectivity index (χ1v) is 14.9. The van der Waals surface area contributed by atoms with Crippen molar-refractivity contribution in [1.29, 1.82) is 0 Å². The van der Waals surface area contributed by atoms with Gasteiger partial charge >= 0.3 is 0 Å². The maximum atomic E-state index is 5.99. The summed E-state index contributed by atoms with van der Waals surface area (Å²) in [6, 6.07) is 11.6. The van der Waals surface area contributed by atoms with Crippen molar-refractivity contribution in [3.05, 3.63) is 41.0 Å². The molecule has 1 fully saturated rings. The summed E-state index contributed by atoms with van der Waals surface area (Å²) in [5.41, 5.74) is 3.10. The van der Waals surface area contributed by atoms with E-state index in [0.717, 1.165) is 71.4 Å². The van der Waals surface area contributed by atoms with Gasteiger partial charge in [-0.3, -0.25) is 0 Å². The van der Waals surface area contributed by atoms with E-state index in [1.165, 1.54) is 0 Å². The minimum atomic E-state index is -1.11. The normalized spacial score (nSPS) is 15.1. The van der Waals surface area contributed by atoms with Crippen molar-refractivity contribution in [2.24, 2.45) is 0 Å². The van der Waals surface area contributed by atoms with Gasteiger partial charge < -0.3 is 14.4 Å². The summed E-state index contributed by atoms with van der Waals surface area (Å²) < 4.78 is 14.5. The smallest absolute Gasteiger partial charge is 0.140 e. The standard InChI is InChI=1S/C22H29BrN4O2Si/c1-30(2,3)13-12-29-16-27-20-5-4-18(23)15-19(20)22(25-27)17-6-7-24-21(14-17)26-8-10-28-11-9-26/h4-7,14-15H,8-13,16H2,1-3H3. The summed E-state index contributed by atoms with van der Waals surface area (Å²) >= 11 is 3.61. The molecule has 0 unspecified atom stereocenters. The molecule has 0 amide bonds. The van der Waals surface area contributed by atoms with Crippen molar-refractivity contribution in [3.8, 4) is 11.3 Å². The average molecular weight is 489 g/mol. The maximum absolute atomic E-state index is 5.99. The molecule has 4 rings (SSSR count). The number of hydrogen-bond acceptors (Lipinski definition) is 5. The lowest BCUT2D eigenvalue weighted by Crippen LogP contribution is -2.36. The van der Waals surface area contributed by atoms with E-state index in [9.17, 15) is 0 Å². The van der Waals surface area contributed by atoms with Crippen LogP contribution in [0.25, 0.3) is 22.2 Å². The fraction of sp³-hybridized carbons (Fsp3) is 0.455. The van der Waals surface area contributed by atoms with E-state index >= 15 is 0 Å². The van der Waals surface area contributed by atoms with Gasteiger partial charge in [-0.05, 0) is 36.4 Å². The summed E-state index contributed by atoms with van der Waals surface area (Å²) in [6.07, 6.45) is 1.87. The number of nitrogens with zero attached hydrogens (tertiary/aromatic N) is 4. The first-order chi connectivity index (χ1) is 14.4. The molecule has 0 saturated carbocycles. The highest BCUT2D eigenvalue weighted by molar-refractivity contribution is 9.10. The number of fused-ring (bicyclic) bond motifs is 1. The minimum Gasteiger partial charge on any atom is -0.378 e. The van der Waals surface area contributed by atoms with E-state index < -0.39 is 8.07 Å². The summed E-state index contributed by atoms with van der Waals surface area (Å²) in [5.74, 6) is 0.972. The Balaban J connectivity index is 1.63. The lowest BCUT2D eigenvalue weighted by atomic mass is 10.1. The zero-order valence-electron chi connectivity index (χ0n) is 17.9. The first kappa shape index (κ1) is 21.5. The Labute approximate surface area is 187 Å². The molecule has 1 aromatic carbocycles. The van der Waals surface area contributed by atoms with E-state index in [2.05, 4.69) is 69.7 Å². The number of pyridine rings is 1. The van der Waals surface area contributed by atoms with Crippen LogP contribution >= 0.6 is 15.9 Å². The van der Waals surface area contributed by atoms with Crippen LogP contribution in [-0.4, -0.2) is 55.7 Å². The number of morpholine rings is 1.